The van der Waals surface area contributed by atoms with Gasteiger partial charge in [-0.2, -0.15) is 0 Å². The van der Waals surface area contributed by atoms with Gasteiger partial charge in [-0.1, -0.05) is 39.2 Å². The Morgan fingerprint density at radius 1 is 1.18 bits per heavy atom. The molecule has 0 saturated carbocycles. The summed E-state index contributed by atoms with van der Waals surface area (Å²) < 4.78 is 11.5. The first kappa shape index (κ1) is 16.9. The Kier molecular flexibility index (Phi) is 6.78. The smallest absolute Gasteiger partial charge is 0.128 e. The maximum Gasteiger partial charge on any atom is 0.128 e. The van der Waals surface area contributed by atoms with Gasteiger partial charge in [0.2, 0.25) is 0 Å². The fraction of sp³-hybridized carbons (Fsp3) is 0.474. The van der Waals surface area contributed by atoms with Crippen molar-refractivity contribution >= 4 is 11.3 Å². The van der Waals surface area contributed by atoms with Gasteiger partial charge in [0.25, 0.3) is 0 Å². The molecule has 0 radical (unpaired) electrons. The lowest BCUT2D eigenvalue weighted by atomic mass is 10.0. The van der Waals surface area contributed by atoms with Crippen molar-refractivity contribution in [2.24, 2.45) is 5.92 Å². The van der Waals surface area contributed by atoms with Crippen molar-refractivity contribution in [1.29, 1.82) is 0 Å². The summed E-state index contributed by atoms with van der Waals surface area (Å²) in [7, 11) is 1.70. The number of rotatable bonds is 9. The molecule has 0 bridgehead atoms. The largest absolute Gasteiger partial charge is 0.497 e. The molecule has 1 atom stereocenters. The van der Waals surface area contributed by atoms with Gasteiger partial charge in [-0.15, -0.1) is 11.3 Å². The Labute approximate surface area is 138 Å². The number of hydrogen-bond donors (Lipinski definition) is 0. The molecule has 0 saturated heterocycles. The Bertz CT molecular complexity index is 549. The van der Waals surface area contributed by atoms with Crippen LogP contribution in [0.1, 0.15) is 39.5 Å². The molecule has 0 amide bonds. The molecule has 0 aliphatic heterocycles. The maximum absolute atomic E-state index is 6.16. The first-order valence-electron chi connectivity index (χ1n) is 8.13. The van der Waals surface area contributed by atoms with E-state index >= 15 is 0 Å². The molecule has 1 unspecified atom stereocenters. The van der Waals surface area contributed by atoms with Crippen LogP contribution in [0.25, 0.3) is 10.4 Å². The Morgan fingerprint density at radius 3 is 2.68 bits per heavy atom. The number of unbranched alkanes of at least 4 members (excludes halogenated alkanes) is 1. The van der Waals surface area contributed by atoms with E-state index in [2.05, 4.69) is 37.4 Å². The summed E-state index contributed by atoms with van der Waals surface area (Å²) in [5.41, 5.74) is 1.12. The molecular weight excluding hydrogens is 292 g/mol. The van der Waals surface area contributed by atoms with Crippen LogP contribution in [0, 0.1) is 5.92 Å². The molecule has 1 heterocycles. The minimum atomic E-state index is 0.637. The summed E-state index contributed by atoms with van der Waals surface area (Å²) in [4.78, 5) is 1.22. The predicted molar refractivity (Wildman–Crippen MR) is 95.1 cm³/mol. The highest BCUT2D eigenvalue weighted by molar-refractivity contribution is 7.13. The lowest BCUT2D eigenvalue weighted by Gasteiger charge is -2.17. The number of methoxy groups -OCH3 is 1. The van der Waals surface area contributed by atoms with Crippen LogP contribution in [0.5, 0.6) is 11.5 Å². The van der Waals surface area contributed by atoms with Crippen molar-refractivity contribution in [3.05, 3.63) is 35.7 Å². The molecule has 3 heteroatoms. The molecule has 0 aliphatic carbocycles. The van der Waals surface area contributed by atoms with Crippen LogP contribution in [0.2, 0.25) is 0 Å². The summed E-state index contributed by atoms with van der Waals surface area (Å²) >= 11 is 1.73. The van der Waals surface area contributed by atoms with Crippen molar-refractivity contribution < 1.29 is 9.47 Å². The highest BCUT2D eigenvalue weighted by Crippen LogP contribution is 2.36. The summed E-state index contributed by atoms with van der Waals surface area (Å²) in [6, 6.07) is 10.3. The van der Waals surface area contributed by atoms with Gasteiger partial charge in [-0.25, -0.2) is 0 Å². The molecule has 2 aromatic rings. The highest BCUT2D eigenvalue weighted by atomic mass is 32.1. The van der Waals surface area contributed by atoms with Gasteiger partial charge in [0.1, 0.15) is 11.5 Å². The lowest BCUT2D eigenvalue weighted by Crippen LogP contribution is -2.11. The van der Waals surface area contributed by atoms with E-state index in [0.717, 1.165) is 23.7 Å². The van der Waals surface area contributed by atoms with E-state index in [1.807, 2.05) is 12.1 Å². The van der Waals surface area contributed by atoms with Gasteiger partial charge in [0, 0.05) is 10.4 Å². The van der Waals surface area contributed by atoms with Gasteiger partial charge in [-0.3, -0.25) is 0 Å². The summed E-state index contributed by atoms with van der Waals surface area (Å²) in [6.07, 6.45) is 4.95. The molecule has 120 valence electrons. The van der Waals surface area contributed by atoms with E-state index in [-0.39, 0.29) is 0 Å². The third kappa shape index (κ3) is 4.51. The third-order valence-electron chi connectivity index (χ3n) is 3.99. The topological polar surface area (TPSA) is 18.5 Å². The molecule has 22 heavy (non-hydrogen) atoms. The zero-order valence-corrected chi connectivity index (χ0v) is 14.6. The quantitative estimate of drug-likeness (QED) is 0.563. The molecule has 2 nitrogen and oxygen atoms in total. The van der Waals surface area contributed by atoms with Crippen LogP contribution >= 0.6 is 11.3 Å². The number of thiophene rings is 1. The minimum absolute atomic E-state index is 0.637. The van der Waals surface area contributed by atoms with E-state index < -0.39 is 0 Å². The lowest BCUT2D eigenvalue weighted by molar-refractivity contribution is 0.234. The van der Waals surface area contributed by atoms with Crippen molar-refractivity contribution in [1.82, 2.24) is 0 Å². The van der Waals surface area contributed by atoms with Crippen molar-refractivity contribution in [2.45, 2.75) is 39.5 Å². The fourth-order valence-corrected chi connectivity index (χ4v) is 3.24. The molecule has 0 fully saturated rings. The second-order valence-electron chi connectivity index (χ2n) is 5.57. The first-order valence-corrected chi connectivity index (χ1v) is 9.01. The minimum Gasteiger partial charge on any atom is -0.497 e. The average molecular weight is 318 g/mol. The van der Waals surface area contributed by atoms with Crippen LogP contribution in [0.3, 0.4) is 0 Å². The third-order valence-corrected chi connectivity index (χ3v) is 4.89. The summed E-state index contributed by atoms with van der Waals surface area (Å²) in [6.45, 7) is 5.28. The SMILES string of the molecule is CCCCC(CC)COc1ccc(OC)cc1-c1cccs1. The Hall–Kier alpha value is -1.48. The standard InChI is InChI=1S/C19H26O2S/c1-4-6-8-15(5-2)14-21-18-11-10-16(20-3)13-17(18)19-9-7-12-22-19/h7,9-13,15H,4-6,8,14H2,1-3H3. The van der Waals surface area contributed by atoms with Gasteiger partial charge >= 0.3 is 0 Å². The van der Waals surface area contributed by atoms with Crippen LogP contribution in [-0.4, -0.2) is 13.7 Å². The van der Waals surface area contributed by atoms with Crippen molar-refractivity contribution in [3.63, 3.8) is 0 Å². The summed E-state index contributed by atoms with van der Waals surface area (Å²) in [5, 5.41) is 2.09. The zero-order chi connectivity index (χ0) is 15.8. The van der Waals surface area contributed by atoms with Crippen LogP contribution < -0.4 is 9.47 Å². The van der Waals surface area contributed by atoms with E-state index in [4.69, 9.17) is 9.47 Å². The monoisotopic (exact) mass is 318 g/mol. The molecule has 0 aliphatic rings. The van der Waals surface area contributed by atoms with Crippen LogP contribution in [0.15, 0.2) is 35.7 Å². The second-order valence-corrected chi connectivity index (χ2v) is 6.51. The van der Waals surface area contributed by atoms with Gasteiger partial charge < -0.3 is 9.47 Å². The second kappa shape index (κ2) is 8.84. The molecule has 0 spiro atoms. The van der Waals surface area contributed by atoms with E-state index in [0.29, 0.717) is 5.92 Å². The van der Waals surface area contributed by atoms with E-state index in [1.54, 1.807) is 18.4 Å². The molecule has 1 aromatic carbocycles. The van der Waals surface area contributed by atoms with Crippen LogP contribution in [-0.2, 0) is 0 Å². The highest BCUT2D eigenvalue weighted by Gasteiger charge is 2.12. The molecule has 2 rings (SSSR count). The average Bonchev–Trinajstić information content (AvgIpc) is 3.09. The number of ether oxygens (including phenoxy) is 2. The summed E-state index contributed by atoms with van der Waals surface area (Å²) in [5.74, 6) is 2.46. The van der Waals surface area contributed by atoms with Gasteiger partial charge in [0.15, 0.2) is 0 Å². The number of benzene rings is 1. The van der Waals surface area contributed by atoms with Crippen LogP contribution in [0.4, 0.5) is 0 Å². The molecule has 1 aromatic heterocycles. The fourth-order valence-electron chi connectivity index (χ4n) is 2.49. The zero-order valence-electron chi connectivity index (χ0n) is 13.8. The van der Waals surface area contributed by atoms with Gasteiger partial charge in [-0.05, 0) is 42.0 Å². The van der Waals surface area contributed by atoms with Crippen molar-refractivity contribution in [2.75, 3.05) is 13.7 Å². The van der Waals surface area contributed by atoms with Crippen molar-refractivity contribution in [3.8, 4) is 21.9 Å². The normalized spacial score (nSPS) is 12.1. The number of hydrogen-bond acceptors (Lipinski definition) is 3. The predicted octanol–water partition coefficient (Wildman–Crippen LogP) is 6.02. The maximum atomic E-state index is 6.16. The van der Waals surface area contributed by atoms with E-state index in [9.17, 15) is 0 Å². The first-order chi connectivity index (χ1) is 10.8. The molecule has 0 N–H and O–H groups in total. The Balaban J connectivity index is 2.13. The Morgan fingerprint density at radius 2 is 2.05 bits per heavy atom. The molecular formula is C19H26O2S. The van der Waals surface area contributed by atoms with Gasteiger partial charge in [0.05, 0.1) is 13.7 Å². The van der Waals surface area contributed by atoms with E-state index in [1.165, 1.54) is 30.6 Å².